The maximum absolute atomic E-state index is 14.6. The van der Waals surface area contributed by atoms with Gasteiger partial charge in [0.2, 0.25) is 0 Å². The van der Waals surface area contributed by atoms with Crippen molar-refractivity contribution in [1.29, 1.82) is 0 Å². The van der Waals surface area contributed by atoms with Gasteiger partial charge in [0.15, 0.2) is 23.5 Å². The van der Waals surface area contributed by atoms with E-state index < -0.39 is 88.4 Å². The molecule has 0 amide bonds. The molecule has 11 heteroatoms. The number of hydrogen-bond donors (Lipinski definition) is 2. The highest BCUT2D eigenvalue weighted by Gasteiger charge is 2.72. The number of ether oxygens (including phenoxy) is 3. The monoisotopic (exact) mass is 582 g/mol. The molecular formula is C31H34O11. The van der Waals surface area contributed by atoms with Crippen LogP contribution in [0.1, 0.15) is 58.3 Å². The standard InChI is InChI=1S/C31H34O11/c1-16-20(34)14-31(39)26(42-27(37)19-10-8-7-9-11-19)24-29(6,21(35)12-13-30(24,38)15-40-17(2)32)25(36)23(41-18(3)33)22(16)28(31,4)5/h7-13,23-24,26,38-39H,14-15H2,1-6H3/t23-,24+,26+,29-,30-,31-/m1/s1. The number of carbonyl (C=O) groups is 6. The van der Waals surface area contributed by atoms with Crippen molar-refractivity contribution in [3.63, 3.8) is 0 Å². The van der Waals surface area contributed by atoms with E-state index in [1.807, 2.05) is 0 Å². The van der Waals surface area contributed by atoms with Gasteiger partial charge < -0.3 is 24.4 Å². The van der Waals surface area contributed by atoms with Crippen LogP contribution < -0.4 is 0 Å². The Bertz CT molecular complexity index is 1440. The molecule has 4 rings (SSSR count). The predicted molar refractivity (Wildman–Crippen MR) is 145 cm³/mol. The third kappa shape index (κ3) is 4.60. The maximum atomic E-state index is 14.6. The Morgan fingerprint density at radius 1 is 0.952 bits per heavy atom. The van der Waals surface area contributed by atoms with Crippen LogP contribution in [0.25, 0.3) is 0 Å². The largest absolute Gasteiger partial charge is 0.462 e. The lowest BCUT2D eigenvalue weighted by Gasteiger charge is -2.60. The SMILES string of the molecule is CC(=O)OC[C@]1(O)C=CC(=O)[C@@]2(C)C(=O)[C@H](OC(C)=O)C3=C(C)C(=O)C[C@@](O)([C@@H](OC(=O)c4ccccc4)[C@@H]21)C3(C)C. The topological polar surface area (TPSA) is 171 Å². The fourth-order valence-corrected chi connectivity index (χ4v) is 6.66. The van der Waals surface area contributed by atoms with Gasteiger partial charge >= 0.3 is 17.9 Å². The highest BCUT2D eigenvalue weighted by Crippen LogP contribution is 2.59. The van der Waals surface area contributed by atoms with E-state index in [9.17, 15) is 39.0 Å². The zero-order chi connectivity index (χ0) is 31.4. The van der Waals surface area contributed by atoms with Crippen LogP contribution in [0.3, 0.4) is 0 Å². The van der Waals surface area contributed by atoms with Gasteiger partial charge in [0.25, 0.3) is 0 Å². The molecule has 3 aliphatic carbocycles. The summed E-state index contributed by atoms with van der Waals surface area (Å²) >= 11 is 0. The van der Waals surface area contributed by atoms with E-state index in [2.05, 4.69) is 0 Å². The van der Waals surface area contributed by atoms with Crippen molar-refractivity contribution >= 4 is 35.3 Å². The average Bonchev–Trinajstić information content (AvgIpc) is 2.91. The van der Waals surface area contributed by atoms with Crippen molar-refractivity contribution < 1.29 is 53.2 Å². The highest BCUT2D eigenvalue weighted by molar-refractivity contribution is 6.16. The number of carbonyl (C=O) groups excluding carboxylic acids is 6. The summed E-state index contributed by atoms with van der Waals surface area (Å²) in [7, 11) is 0. The minimum absolute atomic E-state index is 0.0484. The number of Topliss-reactive ketones (excluding diaryl/α,β-unsaturated/α-hetero) is 2. The summed E-state index contributed by atoms with van der Waals surface area (Å²) in [6.45, 7) is 6.97. The second-order valence-electron chi connectivity index (χ2n) is 11.9. The fraction of sp³-hybridized carbons (Fsp3) is 0.484. The van der Waals surface area contributed by atoms with Crippen LogP contribution in [0.4, 0.5) is 0 Å². The third-order valence-corrected chi connectivity index (χ3v) is 9.02. The van der Waals surface area contributed by atoms with Crippen molar-refractivity contribution in [3.8, 4) is 0 Å². The molecule has 1 aromatic rings. The Balaban J connectivity index is 2.10. The molecule has 0 saturated heterocycles. The summed E-state index contributed by atoms with van der Waals surface area (Å²) in [5.74, 6) is -6.93. The van der Waals surface area contributed by atoms with Crippen molar-refractivity contribution in [2.75, 3.05) is 6.61 Å². The van der Waals surface area contributed by atoms with E-state index >= 15 is 0 Å². The van der Waals surface area contributed by atoms with Gasteiger partial charge in [0.05, 0.1) is 11.5 Å². The van der Waals surface area contributed by atoms with E-state index in [0.717, 1.165) is 26.0 Å². The number of hydrogen-bond acceptors (Lipinski definition) is 11. The Morgan fingerprint density at radius 3 is 2.14 bits per heavy atom. The van der Waals surface area contributed by atoms with Gasteiger partial charge in [0, 0.05) is 25.7 Å². The minimum atomic E-state index is -2.37. The number of aliphatic hydroxyl groups is 2. The quantitative estimate of drug-likeness (QED) is 0.295. The van der Waals surface area contributed by atoms with Gasteiger partial charge in [-0.3, -0.25) is 24.0 Å². The molecule has 0 aromatic heterocycles. The summed E-state index contributed by atoms with van der Waals surface area (Å²) in [6.07, 6.45) is -2.37. The van der Waals surface area contributed by atoms with Crippen LogP contribution in [-0.2, 0) is 38.2 Å². The van der Waals surface area contributed by atoms with Crippen LogP contribution in [0, 0.1) is 16.7 Å². The molecule has 0 radical (unpaired) electrons. The molecule has 11 nitrogen and oxygen atoms in total. The van der Waals surface area contributed by atoms with Gasteiger partial charge in [0.1, 0.15) is 29.3 Å². The first kappa shape index (κ1) is 31.0. The third-order valence-electron chi connectivity index (χ3n) is 9.02. The van der Waals surface area contributed by atoms with E-state index in [1.54, 1.807) is 18.2 Å². The Morgan fingerprint density at radius 2 is 1.57 bits per heavy atom. The smallest absolute Gasteiger partial charge is 0.338 e. The number of allylic oxidation sites excluding steroid dienone is 2. The summed E-state index contributed by atoms with van der Waals surface area (Å²) < 4.78 is 16.6. The Hall–Kier alpha value is -3.96. The van der Waals surface area contributed by atoms with Crippen molar-refractivity contribution in [2.45, 2.75) is 71.4 Å². The van der Waals surface area contributed by atoms with Gasteiger partial charge in [-0.25, -0.2) is 4.79 Å². The van der Waals surface area contributed by atoms with E-state index in [1.165, 1.54) is 39.8 Å². The maximum Gasteiger partial charge on any atom is 0.338 e. The number of esters is 3. The second-order valence-corrected chi connectivity index (χ2v) is 11.9. The molecule has 1 fully saturated rings. The normalized spacial score (nSPS) is 33.7. The number of ketones is 3. The first-order valence-electron chi connectivity index (χ1n) is 13.5. The van der Waals surface area contributed by atoms with E-state index in [4.69, 9.17) is 14.2 Å². The molecular weight excluding hydrogens is 548 g/mol. The van der Waals surface area contributed by atoms with Crippen molar-refractivity contribution in [2.24, 2.45) is 16.7 Å². The fourth-order valence-electron chi connectivity index (χ4n) is 6.66. The lowest BCUT2D eigenvalue weighted by atomic mass is 9.47. The number of fused-ring (bicyclic) bond motifs is 3. The van der Waals surface area contributed by atoms with Crippen molar-refractivity contribution in [1.82, 2.24) is 0 Å². The first-order chi connectivity index (χ1) is 19.4. The van der Waals surface area contributed by atoms with Crippen LogP contribution in [-0.4, -0.2) is 75.5 Å². The number of benzene rings is 1. The lowest BCUT2D eigenvalue weighted by Crippen LogP contribution is -2.74. The highest BCUT2D eigenvalue weighted by atomic mass is 16.6. The molecule has 1 saturated carbocycles. The molecule has 2 bridgehead atoms. The zero-order valence-corrected chi connectivity index (χ0v) is 24.3. The average molecular weight is 583 g/mol. The second kappa shape index (κ2) is 10.4. The molecule has 3 aliphatic rings. The summed E-state index contributed by atoms with van der Waals surface area (Å²) in [6, 6.07) is 7.70. The minimum Gasteiger partial charge on any atom is -0.462 e. The van der Waals surface area contributed by atoms with Gasteiger partial charge in [-0.05, 0) is 49.3 Å². The van der Waals surface area contributed by atoms with Gasteiger partial charge in [-0.15, -0.1) is 0 Å². The molecule has 1 aromatic carbocycles. The molecule has 224 valence electrons. The zero-order valence-electron chi connectivity index (χ0n) is 24.3. The van der Waals surface area contributed by atoms with Crippen LogP contribution in [0.2, 0.25) is 0 Å². The van der Waals surface area contributed by atoms with E-state index in [-0.39, 0.29) is 16.7 Å². The van der Waals surface area contributed by atoms with E-state index in [0.29, 0.717) is 0 Å². The summed E-state index contributed by atoms with van der Waals surface area (Å²) in [5, 5.41) is 24.7. The van der Waals surface area contributed by atoms with Gasteiger partial charge in [-0.1, -0.05) is 32.0 Å². The molecule has 2 N–H and O–H groups in total. The Labute approximate surface area is 242 Å². The van der Waals surface area contributed by atoms with Gasteiger partial charge in [-0.2, -0.15) is 0 Å². The molecule has 0 spiro atoms. The summed E-state index contributed by atoms with van der Waals surface area (Å²) in [5.41, 5.74) is -8.57. The number of rotatable bonds is 5. The molecule has 0 heterocycles. The predicted octanol–water partition coefficient (Wildman–Crippen LogP) is 1.83. The van der Waals surface area contributed by atoms with Crippen LogP contribution in [0.5, 0.6) is 0 Å². The molecule has 42 heavy (non-hydrogen) atoms. The van der Waals surface area contributed by atoms with Crippen molar-refractivity contribution in [3.05, 3.63) is 59.2 Å². The Kier molecular flexibility index (Phi) is 7.67. The first-order valence-corrected chi connectivity index (χ1v) is 13.5. The van der Waals surface area contributed by atoms with Crippen LogP contribution >= 0.6 is 0 Å². The summed E-state index contributed by atoms with van der Waals surface area (Å²) in [4.78, 5) is 79.4. The molecule has 0 unspecified atom stereocenters. The molecule has 6 atom stereocenters. The lowest BCUT2D eigenvalue weighted by molar-refractivity contribution is -0.225. The van der Waals surface area contributed by atoms with Crippen LogP contribution in [0.15, 0.2) is 53.6 Å². The molecule has 0 aliphatic heterocycles.